The molecule has 1 unspecified atom stereocenters. The van der Waals surface area contributed by atoms with Crippen LogP contribution in [0.3, 0.4) is 0 Å². The number of oxazole rings is 1. The molecule has 2 N–H and O–H groups in total. The van der Waals surface area contributed by atoms with Gasteiger partial charge in [-0.1, -0.05) is 23.7 Å². The molecule has 0 bridgehead atoms. The number of methoxy groups -OCH3 is 1. The largest absolute Gasteiger partial charge is 0.497 e. The van der Waals surface area contributed by atoms with Gasteiger partial charge in [0.1, 0.15) is 16.9 Å². The number of anilines is 1. The summed E-state index contributed by atoms with van der Waals surface area (Å²) in [6.07, 6.45) is 2.93. The molecule has 3 aromatic rings. The number of nitrogens with zero attached hydrogens (tertiary/aromatic N) is 2. The third-order valence-corrected chi connectivity index (χ3v) is 6.17. The summed E-state index contributed by atoms with van der Waals surface area (Å²) in [5.74, 6) is -0.720. The van der Waals surface area contributed by atoms with Gasteiger partial charge in [-0.25, -0.2) is 4.98 Å². The lowest BCUT2D eigenvalue weighted by atomic mass is 9.99. The minimum absolute atomic E-state index is 0.0695. The summed E-state index contributed by atoms with van der Waals surface area (Å²) in [5, 5.41) is 5.96. The van der Waals surface area contributed by atoms with Crippen molar-refractivity contribution in [2.75, 3.05) is 19.0 Å². The summed E-state index contributed by atoms with van der Waals surface area (Å²) in [5.41, 5.74) is 1.01. The molecule has 31 heavy (non-hydrogen) atoms. The van der Waals surface area contributed by atoms with Crippen LogP contribution in [0.5, 0.6) is 5.75 Å². The van der Waals surface area contributed by atoms with Crippen LogP contribution in [0, 0.1) is 0 Å². The van der Waals surface area contributed by atoms with Gasteiger partial charge in [-0.15, -0.1) is 4.40 Å². The molecular formula is C20H17ClN4O5S. The summed E-state index contributed by atoms with van der Waals surface area (Å²) in [7, 11) is -2.64. The Kier molecular flexibility index (Phi) is 5.66. The number of aromatic nitrogens is 1. The number of halogens is 1. The van der Waals surface area contributed by atoms with Crippen molar-refractivity contribution in [3.63, 3.8) is 0 Å². The molecule has 1 atom stereocenters. The molecule has 1 amide bonds. The molecular weight excluding hydrogens is 444 g/mol. The van der Waals surface area contributed by atoms with Crippen LogP contribution in [-0.2, 0) is 14.8 Å². The van der Waals surface area contributed by atoms with Gasteiger partial charge in [0.05, 0.1) is 24.9 Å². The Morgan fingerprint density at radius 1 is 1.29 bits per heavy atom. The number of hydrogen-bond donors (Lipinski definition) is 2. The molecule has 0 saturated heterocycles. The van der Waals surface area contributed by atoms with Gasteiger partial charge in [0.25, 0.3) is 15.9 Å². The zero-order chi connectivity index (χ0) is 22.0. The second kappa shape index (κ2) is 8.40. The summed E-state index contributed by atoms with van der Waals surface area (Å²) >= 11 is 6.09. The standard InChI is InChI=1S/C20H17ClN4O5S/c1-29-14-5-6-16-17(10-14)31(27,28)25-18(24-16)19(26)23-11-15(20-22-7-8-30-20)12-3-2-4-13(21)9-12/h2-10,15H,11H2,1H3,(H,23,26)(H,24,25). The maximum absolute atomic E-state index is 12.7. The van der Waals surface area contributed by atoms with Gasteiger partial charge in [0.2, 0.25) is 11.7 Å². The summed E-state index contributed by atoms with van der Waals surface area (Å²) in [6.45, 7) is 0.0793. The molecule has 0 aliphatic carbocycles. The monoisotopic (exact) mass is 460 g/mol. The van der Waals surface area contributed by atoms with Gasteiger partial charge < -0.3 is 19.8 Å². The highest BCUT2D eigenvalue weighted by atomic mass is 35.5. The topological polar surface area (TPSA) is 123 Å². The smallest absolute Gasteiger partial charge is 0.287 e. The average Bonchev–Trinajstić information content (AvgIpc) is 3.27. The quantitative estimate of drug-likeness (QED) is 0.579. The fourth-order valence-corrected chi connectivity index (χ4v) is 4.45. The molecule has 0 spiro atoms. The predicted octanol–water partition coefficient (Wildman–Crippen LogP) is 2.80. The molecule has 9 nitrogen and oxygen atoms in total. The number of amidine groups is 1. The van der Waals surface area contributed by atoms with Crippen LogP contribution in [0.1, 0.15) is 17.4 Å². The van der Waals surface area contributed by atoms with Crippen molar-refractivity contribution in [3.05, 3.63) is 71.4 Å². The van der Waals surface area contributed by atoms with Gasteiger partial charge in [0, 0.05) is 17.6 Å². The number of rotatable bonds is 6. The number of carbonyl (C=O) groups is 1. The number of ether oxygens (including phenoxy) is 1. The Labute approximate surface area is 183 Å². The highest BCUT2D eigenvalue weighted by molar-refractivity contribution is 7.90. The van der Waals surface area contributed by atoms with E-state index in [-0.39, 0.29) is 23.0 Å². The Morgan fingerprint density at radius 2 is 2.13 bits per heavy atom. The highest BCUT2D eigenvalue weighted by Gasteiger charge is 2.29. The number of benzene rings is 2. The van der Waals surface area contributed by atoms with Crippen LogP contribution in [0.2, 0.25) is 5.02 Å². The second-order valence-corrected chi connectivity index (χ2v) is 8.60. The summed E-state index contributed by atoms with van der Waals surface area (Å²) in [6, 6.07) is 11.5. The lowest BCUT2D eigenvalue weighted by Crippen LogP contribution is -2.40. The van der Waals surface area contributed by atoms with Gasteiger partial charge in [-0.3, -0.25) is 4.79 Å². The van der Waals surface area contributed by atoms with Crippen molar-refractivity contribution in [1.82, 2.24) is 10.3 Å². The molecule has 1 aromatic heterocycles. The third kappa shape index (κ3) is 4.39. The first kappa shape index (κ1) is 20.9. The van der Waals surface area contributed by atoms with Crippen molar-refractivity contribution in [2.24, 2.45) is 4.40 Å². The van der Waals surface area contributed by atoms with Gasteiger partial charge in [-0.05, 0) is 29.8 Å². The Bertz CT molecular complexity index is 1260. The van der Waals surface area contributed by atoms with E-state index in [1.165, 1.54) is 31.7 Å². The van der Waals surface area contributed by atoms with E-state index in [1.807, 2.05) is 6.07 Å². The van der Waals surface area contributed by atoms with E-state index in [2.05, 4.69) is 20.0 Å². The molecule has 2 heterocycles. The number of carbonyl (C=O) groups excluding carboxylic acids is 1. The van der Waals surface area contributed by atoms with Gasteiger partial charge >= 0.3 is 0 Å². The van der Waals surface area contributed by atoms with Crippen LogP contribution in [0.4, 0.5) is 5.69 Å². The maximum Gasteiger partial charge on any atom is 0.287 e. The molecule has 4 rings (SSSR count). The first-order chi connectivity index (χ1) is 14.9. The minimum Gasteiger partial charge on any atom is -0.497 e. The van der Waals surface area contributed by atoms with E-state index >= 15 is 0 Å². The molecule has 1 aliphatic rings. The van der Waals surface area contributed by atoms with Gasteiger partial charge in [0.15, 0.2) is 0 Å². The van der Waals surface area contributed by atoms with Crippen molar-refractivity contribution < 1.29 is 22.4 Å². The summed E-state index contributed by atoms with van der Waals surface area (Å²) < 4.78 is 39.1. The fraction of sp³-hybridized carbons (Fsp3) is 0.150. The van der Waals surface area contributed by atoms with Crippen molar-refractivity contribution in [1.29, 1.82) is 0 Å². The van der Waals surface area contributed by atoms with E-state index in [4.69, 9.17) is 20.8 Å². The zero-order valence-electron chi connectivity index (χ0n) is 16.2. The van der Waals surface area contributed by atoms with Crippen LogP contribution >= 0.6 is 11.6 Å². The second-order valence-electron chi connectivity index (χ2n) is 6.59. The molecule has 0 fully saturated rings. The normalized spacial score (nSPS) is 15.2. The zero-order valence-corrected chi connectivity index (χ0v) is 17.8. The lowest BCUT2D eigenvalue weighted by Gasteiger charge is -2.20. The van der Waals surface area contributed by atoms with Crippen molar-refractivity contribution in [2.45, 2.75) is 10.8 Å². The number of hydrogen-bond acceptors (Lipinski definition) is 7. The number of amides is 1. The van der Waals surface area contributed by atoms with E-state index in [0.29, 0.717) is 16.7 Å². The van der Waals surface area contributed by atoms with E-state index < -0.39 is 21.8 Å². The molecule has 2 aromatic carbocycles. The molecule has 1 aliphatic heterocycles. The lowest BCUT2D eigenvalue weighted by molar-refractivity contribution is -0.114. The Morgan fingerprint density at radius 3 is 2.84 bits per heavy atom. The van der Waals surface area contributed by atoms with Crippen LogP contribution in [-0.4, -0.2) is 38.8 Å². The van der Waals surface area contributed by atoms with E-state index in [9.17, 15) is 13.2 Å². The molecule has 160 valence electrons. The average molecular weight is 461 g/mol. The predicted molar refractivity (Wildman–Crippen MR) is 114 cm³/mol. The molecule has 0 radical (unpaired) electrons. The number of fused-ring (bicyclic) bond motifs is 1. The molecule has 11 heteroatoms. The van der Waals surface area contributed by atoms with Crippen LogP contribution < -0.4 is 15.4 Å². The third-order valence-electron chi connectivity index (χ3n) is 4.61. The first-order valence-electron chi connectivity index (χ1n) is 9.10. The Balaban J connectivity index is 1.56. The SMILES string of the molecule is COc1ccc2c(c1)S(=O)(=O)N=C(C(=O)NCC(c1cccc(Cl)c1)c1ncco1)N2. The fourth-order valence-electron chi connectivity index (χ4n) is 3.12. The number of nitrogens with one attached hydrogen (secondary N) is 2. The number of sulfonamides is 1. The molecule has 0 saturated carbocycles. The van der Waals surface area contributed by atoms with Crippen molar-refractivity contribution in [3.8, 4) is 5.75 Å². The van der Waals surface area contributed by atoms with E-state index in [1.54, 1.807) is 24.3 Å². The van der Waals surface area contributed by atoms with Crippen LogP contribution in [0.15, 0.2) is 68.6 Å². The maximum atomic E-state index is 12.7. The van der Waals surface area contributed by atoms with Crippen molar-refractivity contribution >= 4 is 39.1 Å². The Hall–Kier alpha value is -3.37. The minimum atomic E-state index is -4.07. The van der Waals surface area contributed by atoms with Crippen LogP contribution in [0.25, 0.3) is 0 Å². The van der Waals surface area contributed by atoms with E-state index in [0.717, 1.165) is 5.56 Å². The van der Waals surface area contributed by atoms with Gasteiger partial charge in [-0.2, -0.15) is 8.42 Å². The highest BCUT2D eigenvalue weighted by Crippen LogP contribution is 2.31. The first-order valence-corrected chi connectivity index (χ1v) is 10.9. The summed E-state index contributed by atoms with van der Waals surface area (Å²) in [4.78, 5) is 16.8.